The molecule has 0 spiro atoms. The second-order valence-electron chi connectivity index (χ2n) is 5.47. The van der Waals surface area contributed by atoms with E-state index in [1.165, 1.54) is 4.70 Å². The summed E-state index contributed by atoms with van der Waals surface area (Å²) in [7, 11) is 2.06. The predicted molar refractivity (Wildman–Crippen MR) is 87.8 cm³/mol. The molecule has 0 aliphatic heterocycles. The number of thiazole rings is 1. The molecular weight excluding hydrogens is 296 g/mol. The van der Waals surface area contributed by atoms with E-state index in [1.807, 2.05) is 18.2 Å². The summed E-state index contributed by atoms with van der Waals surface area (Å²) in [6, 6.07) is 8.30. The molecule has 0 fully saturated rings. The van der Waals surface area contributed by atoms with Crippen molar-refractivity contribution in [1.82, 2.24) is 20.0 Å². The van der Waals surface area contributed by atoms with Crippen molar-refractivity contribution in [3.63, 3.8) is 0 Å². The molecule has 1 atom stereocenters. The van der Waals surface area contributed by atoms with Crippen molar-refractivity contribution in [3.8, 4) is 0 Å². The van der Waals surface area contributed by atoms with E-state index in [-0.39, 0.29) is 6.04 Å². The topological polar surface area (TPSA) is 55.1 Å². The first-order chi connectivity index (χ1) is 10.7. The Labute approximate surface area is 134 Å². The van der Waals surface area contributed by atoms with Crippen molar-refractivity contribution >= 4 is 21.6 Å². The summed E-state index contributed by atoms with van der Waals surface area (Å²) in [5, 5.41) is 5.13. The summed E-state index contributed by atoms with van der Waals surface area (Å²) >= 11 is 1.73. The third-order valence-electron chi connectivity index (χ3n) is 3.70. The minimum Gasteiger partial charge on any atom is -0.338 e. The van der Waals surface area contributed by atoms with Gasteiger partial charge in [-0.05, 0) is 32.5 Å². The van der Waals surface area contributed by atoms with Crippen molar-refractivity contribution in [2.45, 2.75) is 39.3 Å². The molecule has 3 rings (SSSR count). The fourth-order valence-electron chi connectivity index (χ4n) is 2.29. The first-order valence-electron chi connectivity index (χ1n) is 7.54. The van der Waals surface area contributed by atoms with E-state index in [0.717, 1.165) is 35.7 Å². The van der Waals surface area contributed by atoms with Crippen molar-refractivity contribution < 1.29 is 4.52 Å². The molecule has 3 aromatic rings. The van der Waals surface area contributed by atoms with E-state index in [9.17, 15) is 0 Å². The minimum absolute atomic E-state index is 0.0742. The van der Waals surface area contributed by atoms with Gasteiger partial charge in [-0.2, -0.15) is 4.98 Å². The lowest BCUT2D eigenvalue weighted by atomic mass is 10.3. The van der Waals surface area contributed by atoms with Crippen LogP contribution in [0.5, 0.6) is 0 Å². The van der Waals surface area contributed by atoms with Gasteiger partial charge in [0, 0.05) is 6.42 Å². The molecule has 0 N–H and O–H groups in total. The zero-order valence-corrected chi connectivity index (χ0v) is 13.9. The Bertz CT molecular complexity index is 718. The number of para-hydroxylation sites is 1. The van der Waals surface area contributed by atoms with Crippen LogP contribution >= 0.6 is 11.3 Å². The van der Waals surface area contributed by atoms with Crippen LogP contribution in [0.2, 0.25) is 0 Å². The molecule has 1 aromatic carbocycles. The van der Waals surface area contributed by atoms with Gasteiger partial charge in [0.05, 0.1) is 22.8 Å². The molecule has 0 radical (unpaired) electrons. The maximum absolute atomic E-state index is 5.38. The summed E-state index contributed by atoms with van der Waals surface area (Å²) < 4.78 is 6.60. The third-order valence-corrected chi connectivity index (χ3v) is 4.72. The Morgan fingerprint density at radius 1 is 1.27 bits per heavy atom. The standard InChI is InChI=1S/C16H20N4OS/c1-4-7-14-18-16(21-19-14)11(2)20(3)10-15-17-12-8-5-6-9-13(12)22-15/h5-6,8-9,11H,4,7,10H2,1-3H3. The molecule has 116 valence electrons. The fourth-order valence-corrected chi connectivity index (χ4v) is 3.32. The number of hydrogen-bond donors (Lipinski definition) is 0. The Morgan fingerprint density at radius 3 is 2.86 bits per heavy atom. The summed E-state index contributed by atoms with van der Waals surface area (Å²) in [6.45, 7) is 4.96. The minimum atomic E-state index is 0.0742. The highest BCUT2D eigenvalue weighted by molar-refractivity contribution is 7.18. The Morgan fingerprint density at radius 2 is 2.09 bits per heavy atom. The number of benzene rings is 1. The maximum atomic E-state index is 5.38. The Hall–Kier alpha value is -1.79. The van der Waals surface area contributed by atoms with Gasteiger partial charge in [0.2, 0.25) is 5.89 Å². The van der Waals surface area contributed by atoms with E-state index in [4.69, 9.17) is 4.52 Å². The van der Waals surface area contributed by atoms with E-state index in [1.54, 1.807) is 11.3 Å². The molecular formula is C16H20N4OS. The largest absolute Gasteiger partial charge is 0.338 e. The molecule has 5 nitrogen and oxygen atoms in total. The number of aromatic nitrogens is 3. The number of fused-ring (bicyclic) bond motifs is 1. The van der Waals surface area contributed by atoms with Crippen LogP contribution in [0.4, 0.5) is 0 Å². The van der Waals surface area contributed by atoms with Gasteiger partial charge in [-0.3, -0.25) is 4.90 Å². The van der Waals surface area contributed by atoms with Crippen molar-refractivity contribution in [3.05, 3.63) is 41.0 Å². The zero-order chi connectivity index (χ0) is 15.5. The normalized spacial score (nSPS) is 13.1. The number of hydrogen-bond acceptors (Lipinski definition) is 6. The van der Waals surface area contributed by atoms with Crippen LogP contribution in [-0.4, -0.2) is 27.1 Å². The second kappa shape index (κ2) is 6.54. The van der Waals surface area contributed by atoms with Gasteiger partial charge in [-0.1, -0.05) is 24.2 Å². The van der Waals surface area contributed by atoms with Gasteiger partial charge < -0.3 is 4.52 Å². The van der Waals surface area contributed by atoms with Crippen LogP contribution in [0, 0.1) is 0 Å². The molecule has 0 bridgehead atoms. The number of rotatable bonds is 6. The summed E-state index contributed by atoms with van der Waals surface area (Å²) in [5.74, 6) is 1.46. The van der Waals surface area contributed by atoms with Crippen LogP contribution in [0.15, 0.2) is 28.8 Å². The molecule has 6 heteroatoms. The molecule has 1 unspecified atom stereocenters. The summed E-state index contributed by atoms with van der Waals surface area (Å²) in [5.41, 5.74) is 1.06. The van der Waals surface area contributed by atoms with Crippen LogP contribution in [0.3, 0.4) is 0 Å². The third kappa shape index (κ3) is 3.18. The van der Waals surface area contributed by atoms with Crippen molar-refractivity contribution in [1.29, 1.82) is 0 Å². The fraction of sp³-hybridized carbons (Fsp3) is 0.438. The lowest BCUT2D eigenvalue weighted by Gasteiger charge is -2.19. The maximum Gasteiger partial charge on any atom is 0.243 e. The number of nitrogens with zero attached hydrogens (tertiary/aromatic N) is 4. The van der Waals surface area contributed by atoms with Crippen LogP contribution in [0.25, 0.3) is 10.2 Å². The lowest BCUT2D eigenvalue weighted by molar-refractivity contribution is 0.202. The van der Waals surface area contributed by atoms with E-state index in [2.05, 4.69) is 47.0 Å². The Kier molecular flexibility index (Phi) is 4.49. The molecule has 0 amide bonds. The lowest BCUT2D eigenvalue weighted by Crippen LogP contribution is -2.22. The molecule has 0 aliphatic rings. The Balaban J connectivity index is 1.70. The first-order valence-corrected chi connectivity index (χ1v) is 8.36. The SMILES string of the molecule is CCCc1noc(C(C)N(C)Cc2nc3ccccc3s2)n1. The van der Waals surface area contributed by atoms with Gasteiger partial charge in [0.25, 0.3) is 0 Å². The first kappa shape index (κ1) is 15.1. The molecule has 0 saturated heterocycles. The molecule has 0 saturated carbocycles. The predicted octanol–water partition coefficient (Wildman–Crippen LogP) is 3.82. The van der Waals surface area contributed by atoms with Gasteiger partial charge >= 0.3 is 0 Å². The van der Waals surface area contributed by atoms with E-state index < -0.39 is 0 Å². The van der Waals surface area contributed by atoms with Crippen LogP contribution < -0.4 is 0 Å². The van der Waals surface area contributed by atoms with Gasteiger partial charge in [-0.15, -0.1) is 11.3 Å². The highest BCUT2D eigenvalue weighted by Gasteiger charge is 2.19. The van der Waals surface area contributed by atoms with Gasteiger partial charge in [0.15, 0.2) is 5.82 Å². The van der Waals surface area contributed by atoms with Gasteiger partial charge in [-0.25, -0.2) is 4.98 Å². The molecule has 22 heavy (non-hydrogen) atoms. The van der Waals surface area contributed by atoms with Crippen LogP contribution in [0.1, 0.15) is 43.0 Å². The van der Waals surface area contributed by atoms with Crippen molar-refractivity contribution in [2.24, 2.45) is 0 Å². The average molecular weight is 316 g/mol. The molecule has 0 aliphatic carbocycles. The quantitative estimate of drug-likeness (QED) is 0.692. The van der Waals surface area contributed by atoms with E-state index >= 15 is 0 Å². The average Bonchev–Trinajstić information content (AvgIpc) is 3.12. The van der Waals surface area contributed by atoms with Gasteiger partial charge in [0.1, 0.15) is 5.01 Å². The molecule has 2 aromatic heterocycles. The highest BCUT2D eigenvalue weighted by atomic mass is 32.1. The highest BCUT2D eigenvalue weighted by Crippen LogP contribution is 2.25. The van der Waals surface area contributed by atoms with Crippen LogP contribution in [-0.2, 0) is 13.0 Å². The summed E-state index contributed by atoms with van der Waals surface area (Å²) in [6.07, 6.45) is 1.88. The van der Waals surface area contributed by atoms with E-state index in [0.29, 0.717) is 5.89 Å². The molecule has 2 heterocycles. The van der Waals surface area contributed by atoms with Crippen molar-refractivity contribution in [2.75, 3.05) is 7.05 Å². The second-order valence-corrected chi connectivity index (χ2v) is 6.58. The zero-order valence-electron chi connectivity index (χ0n) is 13.1. The smallest absolute Gasteiger partial charge is 0.243 e. The number of aryl methyl sites for hydroxylation is 1. The monoisotopic (exact) mass is 316 g/mol. The summed E-state index contributed by atoms with van der Waals surface area (Å²) in [4.78, 5) is 11.3.